The number of amides is 2. The molecule has 7 nitrogen and oxygen atoms in total. The number of aromatic nitrogens is 2. The van der Waals surface area contributed by atoms with Crippen LogP contribution in [0.1, 0.15) is 18.2 Å². The summed E-state index contributed by atoms with van der Waals surface area (Å²) in [6.45, 7) is 3.28. The Morgan fingerprint density at radius 1 is 1.36 bits per heavy atom. The van der Waals surface area contributed by atoms with Gasteiger partial charge < -0.3 is 20.1 Å². The number of aromatic amines is 2. The van der Waals surface area contributed by atoms with Crippen LogP contribution in [0.4, 0.5) is 10.5 Å². The van der Waals surface area contributed by atoms with Crippen LogP contribution in [0.3, 0.4) is 0 Å². The molecule has 3 N–H and O–H groups in total. The Balaban J connectivity index is 1.73. The molecule has 2 heterocycles. The highest BCUT2D eigenvalue weighted by molar-refractivity contribution is 5.91. The molecule has 0 atom stereocenters. The van der Waals surface area contributed by atoms with Gasteiger partial charge in [-0.15, -0.1) is 0 Å². The summed E-state index contributed by atoms with van der Waals surface area (Å²) in [6, 6.07) is 7.06. The van der Waals surface area contributed by atoms with Gasteiger partial charge in [-0.2, -0.15) is 0 Å². The second-order valence-electron chi connectivity index (χ2n) is 5.07. The van der Waals surface area contributed by atoms with Gasteiger partial charge in [0.15, 0.2) is 0 Å². The van der Waals surface area contributed by atoms with Crippen LogP contribution in [0, 0.1) is 0 Å². The van der Waals surface area contributed by atoms with E-state index >= 15 is 0 Å². The molecule has 0 radical (unpaired) electrons. The van der Waals surface area contributed by atoms with Gasteiger partial charge in [0, 0.05) is 18.7 Å². The van der Waals surface area contributed by atoms with Gasteiger partial charge in [-0.1, -0.05) is 12.1 Å². The molecular weight excluding hydrogens is 284 g/mol. The fourth-order valence-electron chi connectivity index (χ4n) is 2.54. The van der Waals surface area contributed by atoms with Crippen LogP contribution in [-0.2, 0) is 13.0 Å². The molecule has 1 aliphatic heterocycles. The first-order chi connectivity index (χ1) is 10.7. The predicted molar refractivity (Wildman–Crippen MR) is 82.2 cm³/mol. The predicted octanol–water partition coefficient (Wildman–Crippen LogP) is 1.69. The van der Waals surface area contributed by atoms with Crippen molar-refractivity contribution in [2.24, 2.45) is 0 Å². The monoisotopic (exact) mass is 302 g/mol. The number of benzene rings is 1. The molecule has 3 rings (SSSR count). The maximum absolute atomic E-state index is 12.4. The molecule has 0 unspecified atom stereocenters. The number of ether oxygens (including phenoxy) is 1. The Bertz CT molecular complexity index is 734. The van der Waals surface area contributed by atoms with Crippen molar-refractivity contribution in [2.45, 2.75) is 19.9 Å². The first kappa shape index (κ1) is 14.2. The van der Waals surface area contributed by atoms with Crippen molar-refractivity contribution >= 4 is 11.7 Å². The van der Waals surface area contributed by atoms with Crippen LogP contribution in [0.5, 0.6) is 5.75 Å². The molecule has 2 aromatic rings. The van der Waals surface area contributed by atoms with Gasteiger partial charge >= 0.3 is 6.03 Å². The Morgan fingerprint density at radius 2 is 2.18 bits per heavy atom. The fourth-order valence-corrected chi connectivity index (χ4v) is 2.54. The number of para-hydroxylation sites is 2. The lowest BCUT2D eigenvalue weighted by Crippen LogP contribution is -2.40. The molecule has 22 heavy (non-hydrogen) atoms. The molecule has 0 saturated heterocycles. The van der Waals surface area contributed by atoms with Gasteiger partial charge in [-0.3, -0.25) is 9.89 Å². The van der Waals surface area contributed by atoms with E-state index < -0.39 is 0 Å². The summed E-state index contributed by atoms with van der Waals surface area (Å²) in [6.07, 6.45) is 0.634. The average Bonchev–Trinajstić information content (AvgIpc) is 2.90. The van der Waals surface area contributed by atoms with Gasteiger partial charge in [0.2, 0.25) is 0 Å². The minimum Gasteiger partial charge on any atom is -0.492 e. The van der Waals surface area contributed by atoms with Crippen LogP contribution in [0.15, 0.2) is 29.1 Å². The SMILES string of the molecule is CCOc1ccccc1NC(=O)N1CCc2[nH][nH]c(=O)c2C1. The maximum atomic E-state index is 12.4. The third-order valence-electron chi connectivity index (χ3n) is 3.66. The van der Waals surface area contributed by atoms with E-state index in [0.717, 1.165) is 5.69 Å². The van der Waals surface area contributed by atoms with Gasteiger partial charge in [0.1, 0.15) is 5.75 Å². The van der Waals surface area contributed by atoms with Gasteiger partial charge in [-0.05, 0) is 19.1 Å². The van der Waals surface area contributed by atoms with Crippen molar-refractivity contribution in [2.75, 3.05) is 18.5 Å². The summed E-state index contributed by atoms with van der Waals surface area (Å²) >= 11 is 0. The molecule has 0 saturated carbocycles. The number of H-pyrrole nitrogens is 2. The second-order valence-corrected chi connectivity index (χ2v) is 5.07. The first-order valence-corrected chi connectivity index (χ1v) is 7.25. The van der Waals surface area contributed by atoms with Crippen LogP contribution in [-0.4, -0.2) is 34.3 Å². The molecule has 0 bridgehead atoms. The molecule has 0 fully saturated rings. The summed E-state index contributed by atoms with van der Waals surface area (Å²) in [4.78, 5) is 25.7. The normalized spacial score (nSPS) is 13.6. The Labute approximate surface area is 127 Å². The Morgan fingerprint density at radius 3 is 3.00 bits per heavy atom. The van der Waals surface area contributed by atoms with Gasteiger partial charge in [0.05, 0.1) is 24.4 Å². The summed E-state index contributed by atoms with van der Waals surface area (Å²) in [5, 5.41) is 8.25. The minimum atomic E-state index is -0.238. The van der Waals surface area contributed by atoms with E-state index in [4.69, 9.17) is 4.74 Å². The Kier molecular flexibility index (Phi) is 3.86. The van der Waals surface area contributed by atoms with E-state index in [2.05, 4.69) is 15.5 Å². The summed E-state index contributed by atoms with van der Waals surface area (Å²) < 4.78 is 5.49. The van der Waals surface area contributed by atoms with Crippen molar-refractivity contribution in [1.82, 2.24) is 15.1 Å². The van der Waals surface area contributed by atoms with E-state index in [-0.39, 0.29) is 11.6 Å². The molecule has 0 aliphatic carbocycles. The molecule has 116 valence electrons. The number of urea groups is 1. The van der Waals surface area contributed by atoms with Crippen LogP contribution >= 0.6 is 0 Å². The van der Waals surface area contributed by atoms with Crippen LogP contribution in [0.2, 0.25) is 0 Å². The van der Waals surface area contributed by atoms with Crippen molar-refractivity contribution in [1.29, 1.82) is 0 Å². The van der Waals surface area contributed by atoms with Crippen LogP contribution in [0.25, 0.3) is 0 Å². The van der Waals surface area contributed by atoms with Crippen molar-refractivity contribution in [3.63, 3.8) is 0 Å². The average molecular weight is 302 g/mol. The lowest BCUT2D eigenvalue weighted by Gasteiger charge is -2.26. The molecule has 1 aromatic carbocycles. The zero-order chi connectivity index (χ0) is 15.5. The van der Waals surface area contributed by atoms with Crippen molar-refractivity contribution < 1.29 is 9.53 Å². The summed E-state index contributed by atoms with van der Waals surface area (Å²) in [5.41, 5.74) is 1.97. The lowest BCUT2D eigenvalue weighted by molar-refractivity contribution is 0.206. The minimum absolute atomic E-state index is 0.165. The van der Waals surface area contributed by atoms with E-state index in [0.29, 0.717) is 43.1 Å². The Hall–Kier alpha value is -2.70. The highest BCUT2D eigenvalue weighted by Gasteiger charge is 2.24. The first-order valence-electron chi connectivity index (χ1n) is 7.25. The molecular formula is C15H18N4O3. The van der Waals surface area contributed by atoms with E-state index in [1.54, 1.807) is 11.0 Å². The van der Waals surface area contributed by atoms with Crippen molar-refractivity contribution in [3.05, 3.63) is 45.9 Å². The number of fused-ring (bicyclic) bond motifs is 1. The third-order valence-corrected chi connectivity index (χ3v) is 3.66. The number of anilines is 1. The molecule has 0 spiro atoms. The number of nitrogens with zero attached hydrogens (tertiary/aromatic N) is 1. The van der Waals surface area contributed by atoms with E-state index in [1.807, 2.05) is 25.1 Å². The van der Waals surface area contributed by atoms with Gasteiger partial charge in [-0.25, -0.2) is 4.79 Å². The standard InChI is InChI=1S/C15H18N4O3/c1-2-22-13-6-4-3-5-12(13)16-15(21)19-8-7-11-10(9-19)14(20)18-17-11/h3-6H,2,7-9H2,1H3,(H,16,21)(H2,17,18,20). The van der Waals surface area contributed by atoms with Gasteiger partial charge in [0.25, 0.3) is 5.56 Å². The highest BCUT2D eigenvalue weighted by Crippen LogP contribution is 2.24. The third kappa shape index (κ3) is 2.69. The van der Waals surface area contributed by atoms with Crippen molar-refractivity contribution in [3.8, 4) is 5.75 Å². The van der Waals surface area contributed by atoms with E-state index in [9.17, 15) is 9.59 Å². The molecule has 1 aromatic heterocycles. The number of hydrogen-bond donors (Lipinski definition) is 3. The zero-order valence-corrected chi connectivity index (χ0v) is 12.3. The molecule has 7 heteroatoms. The summed E-state index contributed by atoms with van der Waals surface area (Å²) in [7, 11) is 0. The van der Waals surface area contributed by atoms with E-state index in [1.165, 1.54) is 0 Å². The molecule has 1 aliphatic rings. The molecule has 2 amide bonds. The highest BCUT2D eigenvalue weighted by atomic mass is 16.5. The topological polar surface area (TPSA) is 90.2 Å². The lowest BCUT2D eigenvalue weighted by atomic mass is 10.1. The zero-order valence-electron chi connectivity index (χ0n) is 12.3. The number of rotatable bonds is 3. The number of carbonyl (C=O) groups excluding carboxylic acids is 1. The number of carbonyl (C=O) groups is 1. The van der Waals surface area contributed by atoms with Crippen LogP contribution < -0.4 is 15.6 Å². The fraction of sp³-hybridized carbons (Fsp3) is 0.333. The summed E-state index contributed by atoms with van der Waals surface area (Å²) in [5.74, 6) is 0.635. The smallest absolute Gasteiger partial charge is 0.322 e. The number of hydrogen-bond acceptors (Lipinski definition) is 3. The second kappa shape index (κ2) is 5.97. The maximum Gasteiger partial charge on any atom is 0.322 e. The number of nitrogens with one attached hydrogen (secondary N) is 3. The quantitative estimate of drug-likeness (QED) is 0.806. The largest absolute Gasteiger partial charge is 0.492 e.